The number of amides is 1. The van der Waals surface area contributed by atoms with E-state index in [9.17, 15) is 17.6 Å². The molecule has 1 heterocycles. The Morgan fingerprint density at radius 2 is 1.72 bits per heavy atom. The maximum atomic E-state index is 13.4. The van der Waals surface area contributed by atoms with E-state index >= 15 is 0 Å². The van der Waals surface area contributed by atoms with Crippen LogP contribution in [0.2, 0.25) is 0 Å². The maximum Gasteiger partial charge on any atom is 0.243 e. The van der Waals surface area contributed by atoms with Crippen molar-refractivity contribution in [2.75, 3.05) is 13.1 Å². The van der Waals surface area contributed by atoms with Gasteiger partial charge in [-0.15, -0.1) is 0 Å². The molecule has 156 valence electrons. The molecule has 0 atom stereocenters. The molecular formula is C21H24BrFN2O3S. The van der Waals surface area contributed by atoms with Crippen LogP contribution in [0, 0.1) is 5.82 Å². The highest BCUT2D eigenvalue weighted by molar-refractivity contribution is 9.10. The lowest BCUT2D eigenvalue weighted by molar-refractivity contribution is -0.121. The zero-order valence-electron chi connectivity index (χ0n) is 16.0. The van der Waals surface area contributed by atoms with E-state index in [0.717, 1.165) is 24.8 Å². The minimum absolute atomic E-state index is 0.143. The van der Waals surface area contributed by atoms with Gasteiger partial charge in [-0.3, -0.25) is 4.79 Å². The number of benzene rings is 2. The molecule has 1 amide bonds. The van der Waals surface area contributed by atoms with Gasteiger partial charge in [-0.2, -0.15) is 4.31 Å². The molecule has 2 aromatic carbocycles. The summed E-state index contributed by atoms with van der Waals surface area (Å²) in [6.45, 7) is 1.40. The normalized spacial score (nSPS) is 15.2. The molecule has 5 nitrogen and oxygen atoms in total. The molecule has 0 aromatic heterocycles. The topological polar surface area (TPSA) is 66.5 Å². The summed E-state index contributed by atoms with van der Waals surface area (Å²) in [5, 5.41) is 2.77. The lowest BCUT2D eigenvalue weighted by Crippen LogP contribution is -2.35. The Morgan fingerprint density at radius 1 is 1.03 bits per heavy atom. The Labute approximate surface area is 179 Å². The molecule has 0 bridgehead atoms. The molecule has 0 unspecified atom stereocenters. The first-order valence-electron chi connectivity index (χ1n) is 9.65. The molecule has 1 aliphatic rings. The summed E-state index contributed by atoms with van der Waals surface area (Å²) in [7, 11) is -3.44. The van der Waals surface area contributed by atoms with Gasteiger partial charge in [0.25, 0.3) is 0 Å². The van der Waals surface area contributed by atoms with E-state index in [1.165, 1.54) is 12.1 Å². The summed E-state index contributed by atoms with van der Waals surface area (Å²) in [4.78, 5) is 12.4. The zero-order valence-corrected chi connectivity index (χ0v) is 18.4. The number of carbonyl (C=O) groups is 1. The third-order valence-electron chi connectivity index (χ3n) is 4.93. The molecule has 0 radical (unpaired) electrons. The maximum absolute atomic E-state index is 13.4. The third-order valence-corrected chi connectivity index (χ3v) is 7.30. The van der Waals surface area contributed by atoms with Crippen LogP contribution in [0.1, 0.15) is 36.8 Å². The molecule has 1 aliphatic heterocycles. The van der Waals surface area contributed by atoms with Crippen molar-refractivity contribution in [3.05, 3.63) is 63.9 Å². The van der Waals surface area contributed by atoms with Gasteiger partial charge >= 0.3 is 0 Å². The van der Waals surface area contributed by atoms with Crippen LogP contribution in [0.5, 0.6) is 0 Å². The summed E-state index contributed by atoms with van der Waals surface area (Å²) in [6, 6.07) is 11.2. The number of hydrogen-bond donors (Lipinski definition) is 1. The van der Waals surface area contributed by atoms with Crippen LogP contribution in [0.4, 0.5) is 4.39 Å². The van der Waals surface area contributed by atoms with Crippen LogP contribution in [0.25, 0.3) is 0 Å². The molecule has 0 saturated carbocycles. The zero-order chi connectivity index (χ0) is 20.9. The largest absolute Gasteiger partial charge is 0.352 e. The summed E-state index contributed by atoms with van der Waals surface area (Å²) in [5.74, 6) is -0.501. The fraction of sp³-hybridized carbons (Fsp3) is 0.381. The van der Waals surface area contributed by atoms with Crippen molar-refractivity contribution in [2.24, 2.45) is 0 Å². The van der Waals surface area contributed by atoms with Gasteiger partial charge in [0.05, 0.1) is 4.90 Å². The van der Waals surface area contributed by atoms with Gasteiger partial charge in [0.1, 0.15) is 5.82 Å². The van der Waals surface area contributed by atoms with Crippen molar-refractivity contribution in [1.29, 1.82) is 0 Å². The highest BCUT2D eigenvalue weighted by Gasteiger charge is 2.25. The number of hydrogen-bond acceptors (Lipinski definition) is 3. The smallest absolute Gasteiger partial charge is 0.243 e. The van der Waals surface area contributed by atoms with Gasteiger partial charge < -0.3 is 5.32 Å². The molecular weight excluding hydrogens is 459 g/mol. The number of sulfonamides is 1. The monoisotopic (exact) mass is 482 g/mol. The number of nitrogens with zero attached hydrogens (tertiary/aromatic N) is 1. The fourth-order valence-electron chi connectivity index (χ4n) is 3.34. The Balaban J connectivity index is 1.51. The van der Waals surface area contributed by atoms with E-state index in [2.05, 4.69) is 21.2 Å². The molecule has 2 aromatic rings. The van der Waals surface area contributed by atoms with Gasteiger partial charge in [-0.05, 0) is 60.7 Å². The van der Waals surface area contributed by atoms with Crippen LogP contribution in [-0.4, -0.2) is 31.7 Å². The minimum Gasteiger partial charge on any atom is -0.352 e. The van der Waals surface area contributed by atoms with Crippen molar-refractivity contribution < 1.29 is 17.6 Å². The predicted octanol–water partition coefficient (Wildman–Crippen LogP) is 4.01. The molecule has 3 rings (SSSR count). The molecule has 0 aliphatic carbocycles. The molecule has 1 saturated heterocycles. The van der Waals surface area contributed by atoms with Gasteiger partial charge in [0, 0.05) is 30.5 Å². The SMILES string of the molecule is O=C(CCc1ccc(S(=O)(=O)N2CCCCC2)cc1)NCc1cc(F)cc(Br)c1. The minimum atomic E-state index is -3.44. The number of nitrogens with one attached hydrogen (secondary N) is 1. The second-order valence-electron chi connectivity index (χ2n) is 7.16. The van der Waals surface area contributed by atoms with Crippen LogP contribution < -0.4 is 5.32 Å². The number of carbonyl (C=O) groups excluding carboxylic acids is 1. The van der Waals surface area contributed by atoms with Crippen molar-refractivity contribution in [3.63, 3.8) is 0 Å². The third kappa shape index (κ3) is 6.10. The number of halogens is 2. The van der Waals surface area contributed by atoms with E-state index in [1.807, 2.05) is 0 Å². The van der Waals surface area contributed by atoms with E-state index in [0.29, 0.717) is 34.4 Å². The highest BCUT2D eigenvalue weighted by Crippen LogP contribution is 2.21. The van der Waals surface area contributed by atoms with Gasteiger partial charge in [0.15, 0.2) is 0 Å². The first-order chi connectivity index (χ1) is 13.8. The first kappa shape index (κ1) is 21.9. The number of aryl methyl sites for hydroxylation is 1. The molecule has 8 heteroatoms. The summed E-state index contributed by atoms with van der Waals surface area (Å²) in [5.41, 5.74) is 1.57. The Kier molecular flexibility index (Phi) is 7.43. The lowest BCUT2D eigenvalue weighted by Gasteiger charge is -2.25. The second kappa shape index (κ2) is 9.82. The van der Waals surface area contributed by atoms with Crippen LogP contribution >= 0.6 is 15.9 Å². The van der Waals surface area contributed by atoms with Crippen molar-refractivity contribution >= 4 is 31.9 Å². The molecule has 0 spiro atoms. The Bertz CT molecular complexity index is 938. The predicted molar refractivity (Wildman–Crippen MR) is 113 cm³/mol. The van der Waals surface area contributed by atoms with Gasteiger partial charge in [-0.1, -0.05) is 34.5 Å². The summed E-state index contributed by atoms with van der Waals surface area (Å²) < 4.78 is 40.9. The highest BCUT2D eigenvalue weighted by atomic mass is 79.9. The van der Waals surface area contributed by atoms with E-state index in [4.69, 9.17) is 0 Å². The van der Waals surface area contributed by atoms with Crippen LogP contribution in [0.3, 0.4) is 0 Å². The van der Waals surface area contributed by atoms with Crippen LogP contribution in [-0.2, 0) is 27.8 Å². The molecule has 29 heavy (non-hydrogen) atoms. The Morgan fingerprint density at radius 3 is 2.38 bits per heavy atom. The van der Waals surface area contributed by atoms with E-state index in [-0.39, 0.29) is 24.7 Å². The van der Waals surface area contributed by atoms with Crippen LogP contribution in [0.15, 0.2) is 51.8 Å². The first-order valence-corrected chi connectivity index (χ1v) is 11.9. The van der Waals surface area contributed by atoms with Gasteiger partial charge in [0.2, 0.25) is 15.9 Å². The van der Waals surface area contributed by atoms with Crippen molar-refractivity contribution in [2.45, 2.75) is 43.5 Å². The van der Waals surface area contributed by atoms with E-state index in [1.54, 1.807) is 34.6 Å². The second-order valence-corrected chi connectivity index (χ2v) is 10.0. The van der Waals surface area contributed by atoms with Crippen molar-refractivity contribution in [3.8, 4) is 0 Å². The lowest BCUT2D eigenvalue weighted by atomic mass is 10.1. The molecule has 1 fully saturated rings. The fourth-order valence-corrected chi connectivity index (χ4v) is 5.37. The quantitative estimate of drug-likeness (QED) is 0.647. The van der Waals surface area contributed by atoms with Gasteiger partial charge in [-0.25, -0.2) is 12.8 Å². The molecule has 1 N–H and O–H groups in total. The average Bonchev–Trinajstić information content (AvgIpc) is 2.71. The Hall–Kier alpha value is -1.77. The summed E-state index contributed by atoms with van der Waals surface area (Å²) in [6.07, 6.45) is 3.65. The standard InChI is InChI=1S/C21H24BrFN2O3S/c22-18-12-17(13-19(23)14-18)15-24-21(26)9-6-16-4-7-20(8-5-16)29(27,28)25-10-2-1-3-11-25/h4-5,7-8,12-14H,1-3,6,9-11,15H2,(H,24,26). The average molecular weight is 483 g/mol. The summed E-state index contributed by atoms with van der Waals surface area (Å²) >= 11 is 3.23. The number of piperidine rings is 1. The van der Waals surface area contributed by atoms with Crippen molar-refractivity contribution in [1.82, 2.24) is 9.62 Å². The number of rotatable bonds is 7. The van der Waals surface area contributed by atoms with E-state index < -0.39 is 10.0 Å².